The van der Waals surface area contributed by atoms with Gasteiger partial charge in [-0.2, -0.15) is 4.39 Å². The molecule has 1 aromatic rings. The van der Waals surface area contributed by atoms with Crippen LogP contribution in [0.4, 0.5) is 19.0 Å². The van der Waals surface area contributed by atoms with Crippen molar-refractivity contribution in [1.29, 1.82) is 0 Å². The standard InChI is InChI=1S/C6H2BrF3N2O2/c7-2-1-3(5(9)10)11-6(4(2)8)12(13)14/h1,5H. The Morgan fingerprint density at radius 1 is 1.57 bits per heavy atom. The third kappa shape index (κ3) is 2.00. The summed E-state index contributed by atoms with van der Waals surface area (Å²) in [7, 11) is 0. The Labute approximate surface area is 84.0 Å². The number of halogens is 4. The number of nitro groups is 1. The second-order valence-corrected chi connectivity index (χ2v) is 3.08. The fourth-order valence-corrected chi connectivity index (χ4v) is 1.15. The summed E-state index contributed by atoms with van der Waals surface area (Å²) in [5.74, 6) is -2.48. The minimum Gasteiger partial charge on any atom is -0.358 e. The molecule has 0 atom stereocenters. The van der Waals surface area contributed by atoms with Gasteiger partial charge in [-0.1, -0.05) is 0 Å². The molecule has 0 radical (unpaired) electrons. The summed E-state index contributed by atoms with van der Waals surface area (Å²) < 4.78 is 36.7. The predicted octanol–water partition coefficient (Wildman–Crippen LogP) is 2.83. The van der Waals surface area contributed by atoms with E-state index in [1.54, 1.807) is 0 Å². The fraction of sp³-hybridized carbons (Fsp3) is 0.167. The lowest BCUT2D eigenvalue weighted by Gasteiger charge is -1.98. The number of hydrogen-bond acceptors (Lipinski definition) is 3. The van der Waals surface area contributed by atoms with Gasteiger partial charge in [0.2, 0.25) is 11.5 Å². The summed E-state index contributed by atoms with van der Waals surface area (Å²) in [5.41, 5.74) is -0.843. The Morgan fingerprint density at radius 3 is 2.57 bits per heavy atom. The van der Waals surface area contributed by atoms with Crippen molar-refractivity contribution in [2.24, 2.45) is 0 Å². The number of nitrogens with zero attached hydrogens (tertiary/aromatic N) is 2. The molecule has 76 valence electrons. The van der Waals surface area contributed by atoms with Gasteiger partial charge < -0.3 is 10.1 Å². The minimum atomic E-state index is -2.98. The maximum absolute atomic E-state index is 12.9. The Morgan fingerprint density at radius 2 is 2.14 bits per heavy atom. The van der Waals surface area contributed by atoms with Crippen LogP contribution < -0.4 is 0 Å². The summed E-state index contributed by atoms with van der Waals surface area (Å²) in [6.07, 6.45) is -2.98. The Bertz CT molecular complexity index is 386. The predicted molar refractivity (Wildman–Crippen MR) is 43.5 cm³/mol. The Kier molecular flexibility index (Phi) is 3.04. The number of pyridine rings is 1. The normalized spacial score (nSPS) is 10.6. The molecule has 1 heterocycles. The largest absolute Gasteiger partial charge is 0.401 e. The second-order valence-electron chi connectivity index (χ2n) is 2.22. The van der Waals surface area contributed by atoms with Gasteiger partial charge in [0.15, 0.2) is 0 Å². The van der Waals surface area contributed by atoms with Crippen molar-refractivity contribution in [2.45, 2.75) is 6.43 Å². The number of hydrogen-bond donors (Lipinski definition) is 0. The summed E-state index contributed by atoms with van der Waals surface area (Å²) >= 11 is 2.58. The lowest BCUT2D eigenvalue weighted by atomic mass is 10.3. The zero-order valence-corrected chi connectivity index (χ0v) is 7.96. The first-order valence-electron chi connectivity index (χ1n) is 3.22. The van der Waals surface area contributed by atoms with E-state index in [2.05, 4.69) is 20.9 Å². The first-order chi connectivity index (χ1) is 6.43. The quantitative estimate of drug-likeness (QED) is 0.613. The van der Waals surface area contributed by atoms with Crippen molar-refractivity contribution in [3.05, 3.63) is 32.2 Å². The SMILES string of the molecule is O=[N+]([O-])c1nc(C(F)F)cc(Br)c1F. The van der Waals surface area contributed by atoms with Crippen LogP contribution in [-0.4, -0.2) is 9.91 Å². The van der Waals surface area contributed by atoms with E-state index in [0.29, 0.717) is 6.07 Å². The van der Waals surface area contributed by atoms with Crippen molar-refractivity contribution in [2.75, 3.05) is 0 Å². The van der Waals surface area contributed by atoms with Crippen LogP contribution in [0.5, 0.6) is 0 Å². The van der Waals surface area contributed by atoms with Gasteiger partial charge in [-0.25, -0.2) is 8.78 Å². The molecule has 0 aliphatic rings. The maximum Gasteiger partial charge on any atom is 0.401 e. The molecular formula is C6H2BrF3N2O2. The molecule has 0 unspecified atom stereocenters. The smallest absolute Gasteiger partial charge is 0.358 e. The van der Waals surface area contributed by atoms with Gasteiger partial charge >= 0.3 is 12.2 Å². The molecule has 0 aliphatic heterocycles. The van der Waals surface area contributed by atoms with Crippen LogP contribution in [0, 0.1) is 15.9 Å². The van der Waals surface area contributed by atoms with Crippen LogP contribution in [0.25, 0.3) is 0 Å². The number of rotatable bonds is 2. The zero-order chi connectivity index (χ0) is 10.9. The lowest BCUT2D eigenvalue weighted by molar-refractivity contribution is -0.392. The van der Waals surface area contributed by atoms with Crippen LogP contribution >= 0.6 is 15.9 Å². The Balaban J connectivity index is 3.35. The van der Waals surface area contributed by atoms with E-state index in [4.69, 9.17) is 0 Å². The van der Waals surface area contributed by atoms with Crippen molar-refractivity contribution in [3.63, 3.8) is 0 Å². The molecule has 0 saturated heterocycles. The first-order valence-corrected chi connectivity index (χ1v) is 4.01. The minimum absolute atomic E-state index is 0.408. The van der Waals surface area contributed by atoms with E-state index in [-0.39, 0.29) is 0 Å². The van der Waals surface area contributed by atoms with E-state index in [0.717, 1.165) is 0 Å². The molecule has 0 aromatic carbocycles. The molecule has 14 heavy (non-hydrogen) atoms. The fourth-order valence-electron chi connectivity index (χ4n) is 0.736. The van der Waals surface area contributed by atoms with Crippen LogP contribution in [-0.2, 0) is 0 Å². The average Bonchev–Trinajstić information content (AvgIpc) is 2.08. The molecule has 8 heteroatoms. The van der Waals surface area contributed by atoms with Gasteiger partial charge in [-0.05, 0) is 25.8 Å². The van der Waals surface area contributed by atoms with Crippen LogP contribution in [0.1, 0.15) is 12.1 Å². The monoisotopic (exact) mass is 270 g/mol. The topological polar surface area (TPSA) is 56.0 Å². The molecule has 0 bridgehead atoms. The summed E-state index contributed by atoms with van der Waals surface area (Å²) in [6.45, 7) is 0. The number of alkyl halides is 2. The molecule has 4 nitrogen and oxygen atoms in total. The van der Waals surface area contributed by atoms with Crippen LogP contribution in [0.15, 0.2) is 10.5 Å². The highest BCUT2D eigenvalue weighted by atomic mass is 79.9. The molecule has 0 fully saturated rings. The second kappa shape index (κ2) is 3.91. The van der Waals surface area contributed by atoms with Gasteiger partial charge in [0.05, 0.1) is 4.47 Å². The molecule has 1 rings (SSSR count). The van der Waals surface area contributed by atoms with Crippen molar-refractivity contribution in [1.82, 2.24) is 4.98 Å². The first kappa shape index (κ1) is 10.9. The molecule has 0 aliphatic carbocycles. The van der Waals surface area contributed by atoms with E-state index in [1.807, 2.05) is 0 Å². The van der Waals surface area contributed by atoms with E-state index in [9.17, 15) is 23.3 Å². The molecule has 0 spiro atoms. The van der Waals surface area contributed by atoms with Crippen LogP contribution in [0.3, 0.4) is 0 Å². The van der Waals surface area contributed by atoms with Gasteiger partial charge in [0.1, 0.15) is 0 Å². The van der Waals surface area contributed by atoms with Crippen molar-refractivity contribution >= 4 is 21.7 Å². The third-order valence-electron chi connectivity index (χ3n) is 1.31. The van der Waals surface area contributed by atoms with E-state index >= 15 is 0 Å². The Hall–Kier alpha value is -1.18. The van der Waals surface area contributed by atoms with Gasteiger partial charge in [0.25, 0.3) is 0 Å². The molecule has 0 N–H and O–H groups in total. The van der Waals surface area contributed by atoms with Gasteiger partial charge in [0, 0.05) is 6.07 Å². The highest BCUT2D eigenvalue weighted by Crippen LogP contribution is 2.28. The highest BCUT2D eigenvalue weighted by Gasteiger charge is 2.25. The zero-order valence-electron chi connectivity index (χ0n) is 6.38. The van der Waals surface area contributed by atoms with E-state index in [1.165, 1.54) is 0 Å². The summed E-state index contributed by atoms with van der Waals surface area (Å²) in [5, 5.41) is 10.2. The highest BCUT2D eigenvalue weighted by molar-refractivity contribution is 9.10. The molecule has 0 saturated carbocycles. The molecule has 0 amide bonds. The summed E-state index contributed by atoms with van der Waals surface area (Å²) in [6, 6.07) is 0.701. The lowest BCUT2D eigenvalue weighted by Crippen LogP contribution is -2.01. The molecular weight excluding hydrogens is 269 g/mol. The maximum atomic E-state index is 12.9. The number of aromatic nitrogens is 1. The molecule has 1 aromatic heterocycles. The third-order valence-corrected chi connectivity index (χ3v) is 1.89. The van der Waals surface area contributed by atoms with E-state index < -0.39 is 33.2 Å². The average molecular weight is 271 g/mol. The van der Waals surface area contributed by atoms with Crippen LogP contribution in [0.2, 0.25) is 0 Å². The van der Waals surface area contributed by atoms with Crippen molar-refractivity contribution < 1.29 is 18.1 Å². The van der Waals surface area contributed by atoms with Gasteiger partial charge in [-0.15, -0.1) is 0 Å². The van der Waals surface area contributed by atoms with Crippen molar-refractivity contribution in [3.8, 4) is 0 Å². The van der Waals surface area contributed by atoms with Gasteiger partial charge in [-0.3, -0.25) is 0 Å². The summed E-state index contributed by atoms with van der Waals surface area (Å²) in [4.78, 5) is 11.9.